The van der Waals surface area contributed by atoms with E-state index in [9.17, 15) is 4.79 Å². The van der Waals surface area contributed by atoms with Gasteiger partial charge in [-0.15, -0.1) is 0 Å². The van der Waals surface area contributed by atoms with Crippen LogP contribution in [0.1, 0.15) is 33.1 Å². The van der Waals surface area contributed by atoms with Crippen molar-refractivity contribution in [3.8, 4) is 6.07 Å². The molecule has 0 aromatic carbocycles. The molecule has 0 aromatic rings. The van der Waals surface area contributed by atoms with Crippen LogP contribution in [0, 0.1) is 22.7 Å². The smallest absolute Gasteiger partial charge is 0.228 e. The van der Waals surface area contributed by atoms with Gasteiger partial charge >= 0.3 is 0 Å². The Morgan fingerprint density at radius 3 is 2.59 bits per heavy atom. The zero-order valence-electron chi connectivity index (χ0n) is 10.6. The third-order valence-electron chi connectivity index (χ3n) is 4.00. The first-order valence-electron chi connectivity index (χ1n) is 6.36. The lowest BCUT2D eigenvalue weighted by molar-refractivity contribution is -0.137. The molecule has 0 radical (unpaired) electrons. The summed E-state index contributed by atoms with van der Waals surface area (Å²) in [5.74, 6) is 0.255. The van der Waals surface area contributed by atoms with Crippen LogP contribution in [0.25, 0.3) is 0 Å². The fourth-order valence-corrected chi connectivity index (χ4v) is 2.58. The van der Waals surface area contributed by atoms with Gasteiger partial charge in [0.25, 0.3) is 0 Å². The van der Waals surface area contributed by atoms with Gasteiger partial charge in [-0.3, -0.25) is 4.79 Å². The summed E-state index contributed by atoms with van der Waals surface area (Å²) in [6, 6.07) is 2.35. The van der Waals surface area contributed by atoms with Gasteiger partial charge in [0.15, 0.2) is 0 Å². The Morgan fingerprint density at radius 1 is 1.47 bits per heavy atom. The van der Waals surface area contributed by atoms with E-state index in [1.807, 2.05) is 18.7 Å². The highest BCUT2D eigenvalue weighted by molar-refractivity contribution is 5.79. The van der Waals surface area contributed by atoms with Gasteiger partial charge < -0.3 is 9.64 Å². The minimum Gasteiger partial charge on any atom is -0.378 e. The number of hydrogen-bond acceptors (Lipinski definition) is 3. The Morgan fingerprint density at radius 2 is 2.12 bits per heavy atom. The Bertz CT molecular complexity index is 340. The van der Waals surface area contributed by atoms with Gasteiger partial charge in [0.05, 0.1) is 30.1 Å². The van der Waals surface area contributed by atoms with Crippen molar-refractivity contribution < 1.29 is 9.53 Å². The molecule has 4 heteroatoms. The second-order valence-corrected chi connectivity index (χ2v) is 5.57. The summed E-state index contributed by atoms with van der Waals surface area (Å²) in [6.07, 6.45) is 2.62. The van der Waals surface area contributed by atoms with E-state index in [0.29, 0.717) is 19.7 Å². The maximum Gasteiger partial charge on any atom is 0.228 e. The Labute approximate surface area is 103 Å². The first-order valence-corrected chi connectivity index (χ1v) is 6.36. The highest BCUT2D eigenvalue weighted by Gasteiger charge is 2.36. The van der Waals surface area contributed by atoms with Crippen molar-refractivity contribution in [1.29, 1.82) is 5.26 Å². The summed E-state index contributed by atoms with van der Waals surface area (Å²) in [5, 5.41) is 9.05. The van der Waals surface area contributed by atoms with E-state index < -0.39 is 0 Å². The largest absolute Gasteiger partial charge is 0.378 e. The Hall–Kier alpha value is -1.08. The molecule has 0 saturated carbocycles. The molecule has 2 atom stereocenters. The monoisotopic (exact) mass is 236 g/mol. The summed E-state index contributed by atoms with van der Waals surface area (Å²) in [5.41, 5.74) is -0.240. The zero-order valence-corrected chi connectivity index (χ0v) is 10.6. The first kappa shape index (κ1) is 12.4. The van der Waals surface area contributed by atoms with Gasteiger partial charge in [-0.2, -0.15) is 5.26 Å². The summed E-state index contributed by atoms with van der Waals surface area (Å²) < 4.78 is 5.44. The lowest BCUT2D eigenvalue weighted by Gasteiger charge is -2.36. The van der Waals surface area contributed by atoms with Gasteiger partial charge in [-0.05, 0) is 33.1 Å². The van der Waals surface area contributed by atoms with Crippen molar-refractivity contribution in [2.24, 2.45) is 11.3 Å². The van der Waals surface area contributed by atoms with Crippen LogP contribution in [0.15, 0.2) is 0 Å². The topological polar surface area (TPSA) is 53.3 Å². The van der Waals surface area contributed by atoms with Gasteiger partial charge in [0.1, 0.15) is 0 Å². The number of nitrogens with zero attached hydrogens (tertiary/aromatic N) is 2. The second kappa shape index (κ2) is 4.66. The predicted octanol–water partition coefficient (Wildman–Crippen LogP) is 1.56. The highest BCUT2D eigenvalue weighted by atomic mass is 16.5. The molecule has 2 aliphatic heterocycles. The SMILES string of the molecule is CC1CC(C(=O)N2CCC(C)(C#N)CC2)CO1. The Balaban J connectivity index is 1.89. The van der Waals surface area contributed by atoms with Crippen molar-refractivity contribution in [2.45, 2.75) is 39.2 Å². The number of amides is 1. The number of ether oxygens (including phenoxy) is 1. The van der Waals surface area contributed by atoms with Crippen molar-refractivity contribution in [3.63, 3.8) is 0 Å². The van der Waals surface area contributed by atoms with Crippen molar-refractivity contribution >= 4 is 5.91 Å². The molecule has 17 heavy (non-hydrogen) atoms. The number of rotatable bonds is 1. The van der Waals surface area contributed by atoms with Crippen LogP contribution in [-0.2, 0) is 9.53 Å². The number of carbonyl (C=O) groups is 1. The van der Waals surface area contributed by atoms with Crippen LogP contribution in [0.5, 0.6) is 0 Å². The second-order valence-electron chi connectivity index (χ2n) is 5.57. The molecule has 4 nitrogen and oxygen atoms in total. The number of carbonyl (C=O) groups excluding carboxylic acids is 1. The molecule has 2 fully saturated rings. The van der Waals surface area contributed by atoms with Crippen LogP contribution < -0.4 is 0 Å². The summed E-state index contributed by atoms with van der Waals surface area (Å²) >= 11 is 0. The predicted molar refractivity (Wildman–Crippen MR) is 63.1 cm³/mol. The number of likely N-dealkylation sites (tertiary alicyclic amines) is 1. The average Bonchev–Trinajstić information content (AvgIpc) is 2.76. The molecule has 0 aromatic heterocycles. The fraction of sp³-hybridized carbons (Fsp3) is 0.846. The fourth-order valence-electron chi connectivity index (χ4n) is 2.58. The van der Waals surface area contributed by atoms with Crippen LogP contribution in [0.2, 0.25) is 0 Å². The molecule has 0 aliphatic carbocycles. The molecular weight excluding hydrogens is 216 g/mol. The minimum absolute atomic E-state index is 0.0384. The van der Waals surface area contributed by atoms with E-state index in [2.05, 4.69) is 6.07 Å². The summed E-state index contributed by atoms with van der Waals surface area (Å²) in [6.45, 7) is 5.99. The molecule has 2 unspecified atom stereocenters. The molecule has 1 amide bonds. The molecular formula is C13H20N2O2. The number of nitriles is 1. The molecule has 94 valence electrons. The van der Waals surface area contributed by atoms with Gasteiger partial charge in [-0.25, -0.2) is 0 Å². The molecule has 2 rings (SSSR count). The number of piperidine rings is 1. The molecule has 2 saturated heterocycles. The van der Waals surface area contributed by atoms with Gasteiger partial charge in [0, 0.05) is 13.1 Å². The standard InChI is InChI=1S/C13H20N2O2/c1-10-7-11(8-17-10)12(16)15-5-3-13(2,9-14)4-6-15/h10-11H,3-8H2,1-2H3. The molecule has 0 bridgehead atoms. The van der Waals surface area contributed by atoms with Crippen LogP contribution in [0.4, 0.5) is 0 Å². The van der Waals surface area contributed by atoms with E-state index in [0.717, 1.165) is 19.3 Å². The maximum atomic E-state index is 12.2. The normalized spacial score (nSPS) is 32.2. The summed E-state index contributed by atoms with van der Waals surface area (Å²) in [4.78, 5) is 14.1. The maximum absolute atomic E-state index is 12.2. The quantitative estimate of drug-likeness (QED) is 0.694. The van der Waals surface area contributed by atoms with E-state index in [4.69, 9.17) is 10.00 Å². The van der Waals surface area contributed by atoms with Crippen LogP contribution >= 0.6 is 0 Å². The van der Waals surface area contributed by atoms with Gasteiger partial charge in [-0.1, -0.05) is 0 Å². The first-order chi connectivity index (χ1) is 8.04. The number of hydrogen-bond donors (Lipinski definition) is 0. The van der Waals surface area contributed by atoms with E-state index in [1.165, 1.54) is 0 Å². The van der Waals surface area contributed by atoms with Crippen molar-refractivity contribution in [1.82, 2.24) is 4.90 Å². The molecule has 2 aliphatic rings. The van der Waals surface area contributed by atoms with Crippen LogP contribution in [0.3, 0.4) is 0 Å². The van der Waals surface area contributed by atoms with E-state index in [1.54, 1.807) is 0 Å². The van der Waals surface area contributed by atoms with E-state index >= 15 is 0 Å². The highest BCUT2D eigenvalue weighted by Crippen LogP contribution is 2.31. The van der Waals surface area contributed by atoms with Crippen molar-refractivity contribution in [3.05, 3.63) is 0 Å². The molecule has 2 heterocycles. The van der Waals surface area contributed by atoms with Gasteiger partial charge in [0.2, 0.25) is 5.91 Å². The lowest BCUT2D eigenvalue weighted by Crippen LogP contribution is -2.44. The third-order valence-corrected chi connectivity index (χ3v) is 4.00. The van der Waals surface area contributed by atoms with E-state index in [-0.39, 0.29) is 23.3 Å². The minimum atomic E-state index is -0.240. The Kier molecular flexibility index (Phi) is 3.39. The average molecular weight is 236 g/mol. The van der Waals surface area contributed by atoms with Crippen LogP contribution in [-0.4, -0.2) is 36.6 Å². The molecule has 0 N–H and O–H groups in total. The summed E-state index contributed by atoms with van der Waals surface area (Å²) in [7, 11) is 0. The lowest BCUT2D eigenvalue weighted by atomic mass is 9.81. The third kappa shape index (κ3) is 2.61. The van der Waals surface area contributed by atoms with Crippen molar-refractivity contribution in [2.75, 3.05) is 19.7 Å². The molecule has 0 spiro atoms. The zero-order chi connectivity index (χ0) is 12.5.